The lowest BCUT2D eigenvalue weighted by molar-refractivity contribution is 0.577. The number of hydrogen-bond donors (Lipinski definition) is 1. The van der Waals surface area contributed by atoms with Crippen molar-refractivity contribution < 1.29 is 8.78 Å². The number of rotatable bonds is 4. The Hall–Kier alpha value is -0.910. The van der Waals surface area contributed by atoms with Crippen molar-refractivity contribution in [3.05, 3.63) is 58.1 Å². The summed E-state index contributed by atoms with van der Waals surface area (Å²) in [5.41, 5.74) is 1.12. The van der Waals surface area contributed by atoms with E-state index in [9.17, 15) is 8.78 Å². The lowest BCUT2D eigenvalue weighted by Gasteiger charge is -2.08. The van der Waals surface area contributed by atoms with Crippen LogP contribution in [0.25, 0.3) is 0 Å². The molecule has 2 rings (SSSR count). The maximum Gasteiger partial charge on any atom is 0.137 e. The molecule has 0 aliphatic rings. The summed E-state index contributed by atoms with van der Waals surface area (Å²) in [7, 11) is 1.87. The molecule has 0 unspecified atom stereocenters. The van der Waals surface area contributed by atoms with Crippen molar-refractivity contribution in [2.45, 2.75) is 16.3 Å². The fourth-order valence-electron chi connectivity index (χ4n) is 1.62. The van der Waals surface area contributed by atoms with Gasteiger partial charge in [-0.05, 0) is 58.9 Å². The largest absolute Gasteiger partial charge is 0.316 e. The Kier molecular flexibility index (Phi) is 4.96. The molecule has 0 amide bonds. The molecule has 0 aliphatic heterocycles. The van der Waals surface area contributed by atoms with Gasteiger partial charge in [-0.3, -0.25) is 0 Å². The van der Waals surface area contributed by atoms with Gasteiger partial charge in [-0.25, -0.2) is 8.78 Å². The molecule has 0 heterocycles. The Bertz CT molecular complexity index is 590. The molecule has 5 heteroatoms. The number of nitrogens with one attached hydrogen (secondary N) is 1. The molecule has 0 aromatic heterocycles. The highest BCUT2D eigenvalue weighted by Crippen LogP contribution is 2.35. The highest BCUT2D eigenvalue weighted by molar-refractivity contribution is 9.10. The lowest BCUT2D eigenvalue weighted by Crippen LogP contribution is -2.04. The molecule has 19 heavy (non-hydrogen) atoms. The summed E-state index contributed by atoms with van der Waals surface area (Å²) in [6.07, 6.45) is 0. The van der Waals surface area contributed by atoms with Gasteiger partial charge in [-0.1, -0.05) is 17.8 Å². The molecule has 2 aromatic rings. The highest BCUT2D eigenvalue weighted by atomic mass is 79.9. The molecule has 0 saturated carbocycles. The van der Waals surface area contributed by atoms with Gasteiger partial charge in [-0.15, -0.1) is 0 Å². The van der Waals surface area contributed by atoms with E-state index in [0.717, 1.165) is 33.6 Å². The van der Waals surface area contributed by atoms with Crippen LogP contribution in [-0.4, -0.2) is 7.05 Å². The van der Waals surface area contributed by atoms with E-state index in [-0.39, 0.29) is 4.90 Å². The Morgan fingerprint density at radius 2 is 1.89 bits per heavy atom. The summed E-state index contributed by atoms with van der Waals surface area (Å²) >= 11 is 4.65. The zero-order valence-corrected chi connectivity index (χ0v) is 12.6. The summed E-state index contributed by atoms with van der Waals surface area (Å²) in [6.45, 7) is 0.762. The first-order valence-corrected chi connectivity index (χ1v) is 7.27. The first-order chi connectivity index (χ1) is 9.10. The minimum Gasteiger partial charge on any atom is -0.316 e. The number of halogens is 3. The Morgan fingerprint density at radius 1 is 1.11 bits per heavy atom. The molecular weight excluding hydrogens is 332 g/mol. The second-order valence-corrected chi connectivity index (χ2v) is 5.91. The van der Waals surface area contributed by atoms with E-state index in [4.69, 9.17) is 0 Å². The molecule has 0 fully saturated rings. The predicted molar refractivity (Wildman–Crippen MR) is 77.4 cm³/mol. The normalized spacial score (nSPS) is 10.7. The summed E-state index contributed by atoms with van der Waals surface area (Å²) in [4.78, 5) is 1.13. The smallest absolute Gasteiger partial charge is 0.137 e. The van der Waals surface area contributed by atoms with Crippen molar-refractivity contribution in [2.75, 3.05) is 7.05 Å². The van der Waals surface area contributed by atoms with E-state index < -0.39 is 11.6 Å². The van der Waals surface area contributed by atoms with Gasteiger partial charge < -0.3 is 5.32 Å². The molecule has 100 valence electrons. The Balaban J connectivity index is 2.25. The van der Waals surface area contributed by atoms with Crippen LogP contribution in [0.4, 0.5) is 8.78 Å². The topological polar surface area (TPSA) is 12.0 Å². The van der Waals surface area contributed by atoms with Crippen LogP contribution in [0.5, 0.6) is 0 Å². The predicted octanol–water partition coefficient (Wildman–Crippen LogP) is 4.60. The first kappa shape index (κ1) is 14.5. The fraction of sp³-hybridized carbons (Fsp3) is 0.143. The summed E-state index contributed by atoms with van der Waals surface area (Å²) in [6, 6.07) is 9.28. The van der Waals surface area contributed by atoms with Crippen LogP contribution in [0.15, 0.2) is 50.7 Å². The monoisotopic (exact) mass is 343 g/mol. The molecule has 0 bridgehead atoms. The second kappa shape index (κ2) is 6.50. The van der Waals surface area contributed by atoms with Crippen molar-refractivity contribution in [1.29, 1.82) is 0 Å². The van der Waals surface area contributed by atoms with Crippen LogP contribution < -0.4 is 5.32 Å². The quantitative estimate of drug-likeness (QED) is 0.870. The first-order valence-electron chi connectivity index (χ1n) is 5.66. The lowest BCUT2D eigenvalue weighted by atomic mass is 10.2. The maximum absolute atomic E-state index is 13.6. The van der Waals surface area contributed by atoms with Crippen molar-refractivity contribution in [1.82, 2.24) is 5.32 Å². The molecule has 0 atom stereocenters. The van der Waals surface area contributed by atoms with Crippen LogP contribution >= 0.6 is 27.7 Å². The van der Waals surface area contributed by atoms with Gasteiger partial charge in [-0.2, -0.15) is 0 Å². The van der Waals surface area contributed by atoms with E-state index in [1.165, 1.54) is 17.8 Å². The van der Waals surface area contributed by atoms with Crippen molar-refractivity contribution in [3.63, 3.8) is 0 Å². The van der Waals surface area contributed by atoms with E-state index in [2.05, 4.69) is 21.2 Å². The third-order valence-corrected chi connectivity index (χ3v) is 4.52. The molecule has 0 radical (unpaired) electrons. The number of benzene rings is 2. The molecule has 1 nitrogen and oxygen atoms in total. The SMILES string of the molecule is CNCc1ccc(Sc2cc(F)ccc2F)c(Br)c1. The fourth-order valence-corrected chi connectivity index (χ4v) is 3.15. The van der Waals surface area contributed by atoms with Crippen molar-refractivity contribution in [2.24, 2.45) is 0 Å². The zero-order valence-electron chi connectivity index (χ0n) is 10.2. The molecular formula is C14H12BrF2NS. The maximum atomic E-state index is 13.6. The minimum atomic E-state index is -0.438. The average molecular weight is 344 g/mol. The molecule has 0 saturated heterocycles. The zero-order chi connectivity index (χ0) is 13.8. The van der Waals surface area contributed by atoms with Gasteiger partial charge >= 0.3 is 0 Å². The van der Waals surface area contributed by atoms with Crippen LogP contribution in [0.1, 0.15) is 5.56 Å². The Labute approximate surface area is 123 Å². The minimum absolute atomic E-state index is 0.280. The van der Waals surface area contributed by atoms with Crippen LogP contribution in [0.2, 0.25) is 0 Å². The van der Waals surface area contributed by atoms with Gasteiger partial charge in [0.2, 0.25) is 0 Å². The molecule has 0 aliphatic carbocycles. The average Bonchev–Trinajstić information content (AvgIpc) is 2.37. The van der Waals surface area contributed by atoms with Crippen LogP contribution in [0, 0.1) is 11.6 Å². The molecule has 1 N–H and O–H groups in total. The molecule has 2 aromatic carbocycles. The van der Waals surface area contributed by atoms with Gasteiger partial charge in [0, 0.05) is 15.9 Å². The van der Waals surface area contributed by atoms with E-state index >= 15 is 0 Å². The number of hydrogen-bond acceptors (Lipinski definition) is 2. The highest BCUT2D eigenvalue weighted by Gasteiger charge is 2.09. The van der Waals surface area contributed by atoms with Gasteiger partial charge in [0.25, 0.3) is 0 Å². The van der Waals surface area contributed by atoms with Crippen LogP contribution in [0.3, 0.4) is 0 Å². The third-order valence-electron chi connectivity index (χ3n) is 2.49. The second-order valence-electron chi connectivity index (χ2n) is 3.97. The third kappa shape index (κ3) is 3.78. The summed E-state index contributed by atoms with van der Waals surface area (Å²) in [5.74, 6) is -0.857. The molecule has 0 spiro atoms. The van der Waals surface area contributed by atoms with E-state index in [0.29, 0.717) is 0 Å². The summed E-state index contributed by atoms with van der Waals surface area (Å²) < 4.78 is 27.6. The standard InChI is InChI=1S/C14H12BrF2NS/c1-18-8-9-2-5-13(11(15)6-9)19-14-7-10(16)3-4-12(14)17/h2-7,18H,8H2,1H3. The Morgan fingerprint density at radius 3 is 2.58 bits per heavy atom. The van der Waals surface area contributed by atoms with Crippen molar-refractivity contribution >= 4 is 27.7 Å². The van der Waals surface area contributed by atoms with Gasteiger partial charge in [0.15, 0.2) is 0 Å². The van der Waals surface area contributed by atoms with Gasteiger partial charge in [0.05, 0.1) is 4.90 Å². The van der Waals surface area contributed by atoms with E-state index in [1.807, 2.05) is 25.2 Å². The van der Waals surface area contributed by atoms with Crippen molar-refractivity contribution in [3.8, 4) is 0 Å². The van der Waals surface area contributed by atoms with Gasteiger partial charge in [0.1, 0.15) is 11.6 Å². The van der Waals surface area contributed by atoms with Crippen LogP contribution in [-0.2, 0) is 6.54 Å². The van der Waals surface area contributed by atoms with E-state index in [1.54, 1.807) is 0 Å². The summed E-state index contributed by atoms with van der Waals surface area (Å²) in [5, 5.41) is 3.06.